The van der Waals surface area contributed by atoms with Crippen molar-refractivity contribution in [3.63, 3.8) is 0 Å². The molecule has 0 fully saturated rings. The highest BCUT2D eigenvalue weighted by Gasteiger charge is 2.12. The van der Waals surface area contributed by atoms with E-state index >= 15 is 0 Å². The summed E-state index contributed by atoms with van der Waals surface area (Å²) in [6.45, 7) is 6.56. The average molecular weight is 326 g/mol. The maximum atomic E-state index is 12.1. The van der Waals surface area contributed by atoms with Crippen molar-refractivity contribution in [1.82, 2.24) is 9.97 Å². The molecule has 0 saturated heterocycles. The Morgan fingerprint density at radius 1 is 1.08 bits per heavy atom. The highest BCUT2D eigenvalue weighted by Crippen LogP contribution is 2.17. The van der Waals surface area contributed by atoms with Crippen molar-refractivity contribution in [3.8, 4) is 5.75 Å². The first-order valence-corrected chi connectivity index (χ1v) is 8.74. The quantitative estimate of drug-likeness (QED) is 0.524. The molecule has 0 bridgehead atoms. The Morgan fingerprint density at radius 2 is 1.75 bits per heavy atom. The Labute approximate surface area is 144 Å². The van der Waals surface area contributed by atoms with Crippen LogP contribution in [-0.2, 0) is 12.8 Å². The number of nitrogens with zero attached hydrogens (tertiary/aromatic N) is 2. The minimum atomic E-state index is -0.522. The second kappa shape index (κ2) is 9.16. The van der Waals surface area contributed by atoms with Crippen molar-refractivity contribution in [1.29, 1.82) is 0 Å². The molecule has 1 atom stereocenters. The van der Waals surface area contributed by atoms with Gasteiger partial charge in [-0.2, -0.15) is 0 Å². The van der Waals surface area contributed by atoms with E-state index in [1.165, 1.54) is 5.56 Å². The zero-order chi connectivity index (χ0) is 17.4. The highest BCUT2D eigenvalue weighted by atomic mass is 16.5. The highest BCUT2D eigenvalue weighted by molar-refractivity contribution is 5.86. The van der Waals surface area contributed by atoms with Gasteiger partial charge in [0.15, 0.2) is 0 Å². The first kappa shape index (κ1) is 18.1. The predicted octanol–water partition coefficient (Wildman–Crippen LogP) is 4.63. The third-order valence-electron chi connectivity index (χ3n) is 4.12. The third kappa shape index (κ3) is 5.44. The Morgan fingerprint density at radius 3 is 2.33 bits per heavy atom. The zero-order valence-electron chi connectivity index (χ0n) is 14.8. The van der Waals surface area contributed by atoms with E-state index in [1.54, 1.807) is 12.4 Å². The number of hydrogen-bond acceptors (Lipinski definition) is 4. The molecule has 1 aromatic heterocycles. The van der Waals surface area contributed by atoms with E-state index in [4.69, 9.17) is 4.74 Å². The summed E-state index contributed by atoms with van der Waals surface area (Å²) in [6, 6.07) is 7.66. The van der Waals surface area contributed by atoms with E-state index in [2.05, 4.69) is 30.7 Å². The fourth-order valence-corrected chi connectivity index (χ4v) is 2.36. The lowest BCUT2D eigenvalue weighted by Gasteiger charge is -2.09. The van der Waals surface area contributed by atoms with Crippen molar-refractivity contribution >= 4 is 5.97 Å². The second-order valence-corrected chi connectivity index (χ2v) is 6.27. The first-order chi connectivity index (χ1) is 11.6. The largest absolute Gasteiger partial charge is 0.421 e. The molecule has 0 N–H and O–H groups in total. The van der Waals surface area contributed by atoms with Gasteiger partial charge in [-0.1, -0.05) is 45.7 Å². The molecule has 0 spiro atoms. The minimum absolute atomic E-state index is 0.0962. The molecule has 0 amide bonds. The number of carbonyl (C=O) groups excluding carboxylic acids is 1. The molecule has 0 radical (unpaired) electrons. The summed E-state index contributed by atoms with van der Waals surface area (Å²) in [5.74, 6) is 0.746. The molecular weight excluding hydrogens is 300 g/mol. The molecule has 24 heavy (non-hydrogen) atoms. The molecule has 128 valence electrons. The Kier molecular flexibility index (Phi) is 6.91. The van der Waals surface area contributed by atoms with Gasteiger partial charge in [-0.15, -0.1) is 0 Å². The minimum Gasteiger partial charge on any atom is -0.421 e. The van der Waals surface area contributed by atoms with Crippen LogP contribution in [0.15, 0.2) is 36.7 Å². The number of unbranched alkanes of at least 4 members (excludes halogenated alkanes) is 1. The average Bonchev–Trinajstić information content (AvgIpc) is 2.61. The van der Waals surface area contributed by atoms with Crippen molar-refractivity contribution < 1.29 is 9.53 Å². The summed E-state index contributed by atoms with van der Waals surface area (Å²) < 4.78 is 5.34. The summed E-state index contributed by atoms with van der Waals surface area (Å²) in [5, 5.41) is 0. The molecule has 0 aliphatic carbocycles. The first-order valence-electron chi connectivity index (χ1n) is 8.74. The summed E-state index contributed by atoms with van der Waals surface area (Å²) in [4.78, 5) is 20.3. The van der Waals surface area contributed by atoms with Crippen LogP contribution in [-0.4, -0.2) is 15.9 Å². The molecule has 1 heterocycles. The number of aromatic nitrogens is 2. The molecule has 4 heteroatoms. The summed E-state index contributed by atoms with van der Waals surface area (Å²) in [5.41, 5.74) is 2.29. The maximum Gasteiger partial charge on any atom is 0.381 e. The Hall–Kier alpha value is -2.23. The third-order valence-corrected chi connectivity index (χ3v) is 4.12. The molecule has 4 nitrogen and oxygen atoms in total. The van der Waals surface area contributed by atoms with E-state index in [9.17, 15) is 4.79 Å². The fraction of sp³-hybridized carbons (Fsp3) is 0.450. The number of ether oxygens (including phenoxy) is 1. The summed E-state index contributed by atoms with van der Waals surface area (Å²) >= 11 is 0. The van der Waals surface area contributed by atoms with Crippen LogP contribution >= 0.6 is 0 Å². The number of carbonyl (C=O) groups is 1. The van der Waals surface area contributed by atoms with Gasteiger partial charge in [-0.3, -0.25) is 0 Å². The van der Waals surface area contributed by atoms with E-state index in [1.807, 2.05) is 24.3 Å². The van der Waals surface area contributed by atoms with Crippen LogP contribution in [0.2, 0.25) is 0 Å². The van der Waals surface area contributed by atoms with E-state index in [0.717, 1.165) is 37.7 Å². The van der Waals surface area contributed by atoms with Gasteiger partial charge in [0.25, 0.3) is 0 Å². The fourth-order valence-electron chi connectivity index (χ4n) is 2.36. The summed E-state index contributed by atoms with van der Waals surface area (Å²) in [7, 11) is 0. The van der Waals surface area contributed by atoms with Gasteiger partial charge < -0.3 is 4.74 Å². The summed E-state index contributed by atoms with van der Waals surface area (Å²) in [6.07, 6.45) is 8.74. The molecule has 2 aromatic rings. The van der Waals surface area contributed by atoms with Crippen LogP contribution in [0.5, 0.6) is 5.75 Å². The van der Waals surface area contributed by atoms with Gasteiger partial charge in [-0.05, 0) is 48.4 Å². The molecule has 2 rings (SSSR count). The van der Waals surface area contributed by atoms with Gasteiger partial charge in [-0.25, -0.2) is 14.8 Å². The topological polar surface area (TPSA) is 52.1 Å². The lowest BCUT2D eigenvalue weighted by Crippen LogP contribution is -2.13. The smallest absolute Gasteiger partial charge is 0.381 e. The van der Waals surface area contributed by atoms with Crippen molar-refractivity contribution in [2.75, 3.05) is 0 Å². The molecule has 0 saturated carbocycles. The monoisotopic (exact) mass is 326 g/mol. The number of aryl methyl sites for hydroxylation is 1. The number of hydrogen-bond donors (Lipinski definition) is 0. The number of rotatable bonds is 8. The zero-order valence-corrected chi connectivity index (χ0v) is 14.8. The van der Waals surface area contributed by atoms with Gasteiger partial charge in [0.05, 0.1) is 0 Å². The van der Waals surface area contributed by atoms with Crippen molar-refractivity contribution in [3.05, 3.63) is 53.6 Å². The van der Waals surface area contributed by atoms with Gasteiger partial charge in [0, 0.05) is 12.4 Å². The van der Waals surface area contributed by atoms with Gasteiger partial charge >= 0.3 is 5.97 Å². The van der Waals surface area contributed by atoms with Crippen LogP contribution in [0.25, 0.3) is 0 Å². The van der Waals surface area contributed by atoms with Crippen molar-refractivity contribution in [2.45, 2.75) is 52.9 Å². The number of esters is 1. The van der Waals surface area contributed by atoms with E-state index in [-0.39, 0.29) is 5.82 Å². The van der Waals surface area contributed by atoms with E-state index in [0.29, 0.717) is 11.7 Å². The van der Waals surface area contributed by atoms with Crippen LogP contribution in [0.1, 0.15) is 61.8 Å². The molecule has 0 unspecified atom stereocenters. The predicted molar refractivity (Wildman–Crippen MR) is 95.2 cm³/mol. The SMILES string of the molecule is CCCCc1cnc(C(=O)Oc2ccc(C[C@@H](C)CC)cc2)nc1. The van der Waals surface area contributed by atoms with Crippen LogP contribution < -0.4 is 4.74 Å². The normalized spacial score (nSPS) is 12.0. The van der Waals surface area contributed by atoms with Gasteiger partial charge in [0.2, 0.25) is 5.82 Å². The van der Waals surface area contributed by atoms with Crippen LogP contribution in [0.4, 0.5) is 0 Å². The lowest BCUT2D eigenvalue weighted by atomic mass is 9.99. The molecule has 0 aliphatic rings. The van der Waals surface area contributed by atoms with Crippen LogP contribution in [0, 0.1) is 5.92 Å². The Bertz CT molecular complexity index is 636. The molecule has 1 aromatic carbocycles. The standard InChI is InChI=1S/C20H26N2O2/c1-4-6-7-17-13-21-19(22-14-17)20(23)24-18-10-8-16(9-11-18)12-15(3)5-2/h8-11,13-15H,4-7,12H2,1-3H3/t15-/m0/s1. The maximum absolute atomic E-state index is 12.1. The van der Waals surface area contributed by atoms with E-state index < -0.39 is 5.97 Å². The van der Waals surface area contributed by atoms with Crippen LogP contribution in [0.3, 0.4) is 0 Å². The second-order valence-electron chi connectivity index (χ2n) is 6.27. The van der Waals surface area contributed by atoms with Gasteiger partial charge in [0.1, 0.15) is 5.75 Å². The number of benzene rings is 1. The Balaban J connectivity index is 1.94. The molecular formula is C20H26N2O2. The molecule has 0 aliphatic heterocycles. The lowest BCUT2D eigenvalue weighted by molar-refractivity contribution is 0.0721. The van der Waals surface area contributed by atoms with Crippen molar-refractivity contribution in [2.24, 2.45) is 5.92 Å².